The summed E-state index contributed by atoms with van der Waals surface area (Å²) in [7, 11) is 0. The molecular weight excluding hydrogens is 624 g/mol. The van der Waals surface area contributed by atoms with Gasteiger partial charge < -0.3 is 36.9 Å². The molecule has 8 N–H and O–H groups in total. The molecule has 271 valence electrons. The Morgan fingerprint density at radius 3 is 1.80 bits per heavy atom. The standard InChI is InChI=1S/C37H57N6O6/c1-6-7-8-11-18-48-32-15-13-26(22-28(32)34(40)44)42-37(47)31(21-25(4)5)43-35(45)29-23-27(41-36(46)30(39)20-24(2)3)14-16-33(29)49-19-12-9-10-17-38/h13-16,22-25,30-31,39H,6-12,17-21,38H2,1-5H3,(H2,40,44)(H,41,46)(H,42,47)(H,43,45)/t30-,31+/m1/s1. The highest BCUT2D eigenvalue weighted by Gasteiger charge is 2.26. The Morgan fingerprint density at radius 2 is 1.27 bits per heavy atom. The number of anilines is 2. The van der Waals surface area contributed by atoms with Crippen molar-refractivity contribution in [1.29, 1.82) is 0 Å². The molecule has 0 unspecified atom stereocenters. The average Bonchev–Trinajstić information content (AvgIpc) is 3.04. The van der Waals surface area contributed by atoms with E-state index in [1.54, 1.807) is 24.3 Å². The van der Waals surface area contributed by atoms with Crippen molar-refractivity contribution in [1.82, 2.24) is 11.1 Å². The average molecular weight is 682 g/mol. The van der Waals surface area contributed by atoms with Crippen LogP contribution in [0.25, 0.3) is 0 Å². The summed E-state index contributed by atoms with van der Waals surface area (Å²) >= 11 is 0. The molecule has 0 aliphatic heterocycles. The summed E-state index contributed by atoms with van der Waals surface area (Å²) in [5, 5.41) is 8.39. The number of ether oxygens (including phenoxy) is 2. The van der Waals surface area contributed by atoms with Gasteiger partial charge in [-0.05, 0) is 93.3 Å². The molecule has 12 heteroatoms. The van der Waals surface area contributed by atoms with Gasteiger partial charge in [0, 0.05) is 11.4 Å². The molecule has 2 rings (SSSR count). The lowest BCUT2D eigenvalue weighted by Gasteiger charge is -2.22. The summed E-state index contributed by atoms with van der Waals surface area (Å²) in [6.45, 7) is 11.3. The lowest BCUT2D eigenvalue weighted by Crippen LogP contribution is -2.44. The predicted molar refractivity (Wildman–Crippen MR) is 194 cm³/mol. The summed E-state index contributed by atoms with van der Waals surface area (Å²) in [5.41, 5.74) is 20.4. The van der Waals surface area contributed by atoms with Gasteiger partial charge in [-0.3, -0.25) is 19.2 Å². The Balaban J connectivity index is 2.29. The SMILES string of the molecule is CCCCCCOc1ccc(NC(=O)[C@H](CC(C)C)NC(=O)c2cc(NC(=O)[C@H]([NH])CC(C)C)ccc2OCCCCCN)cc1C(N)=O. The van der Waals surface area contributed by atoms with Crippen LogP contribution >= 0.6 is 0 Å². The maximum atomic E-state index is 13.8. The summed E-state index contributed by atoms with van der Waals surface area (Å²) in [6, 6.07) is 7.51. The lowest BCUT2D eigenvalue weighted by molar-refractivity contribution is -0.118. The predicted octanol–water partition coefficient (Wildman–Crippen LogP) is 5.67. The molecule has 0 spiro atoms. The van der Waals surface area contributed by atoms with Crippen LogP contribution in [-0.2, 0) is 9.59 Å². The van der Waals surface area contributed by atoms with Crippen LogP contribution < -0.4 is 42.6 Å². The van der Waals surface area contributed by atoms with Crippen molar-refractivity contribution in [3.63, 3.8) is 0 Å². The molecule has 0 saturated carbocycles. The monoisotopic (exact) mass is 681 g/mol. The van der Waals surface area contributed by atoms with E-state index in [9.17, 15) is 19.2 Å². The second kappa shape index (κ2) is 21.7. The second-order valence-corrected chi connectivity index (χ2v) is 13.2. The number of hydrogen-bond donors (Lipinski definition) is 5. The van der Waals surface area contributed by atoms with Crippen molar-refractivity contribution in [3.8, 4) is 11.5 Å². The van der Waals surface area contributed by atoms with E-state index >= 15 is 0 Å². The van der Waals surface area contributed by atoms with E-state index in [0.29, 0.717) is 55.5 Å². The number of unbranched alkanes of at least 4 members (excludes halogenated alkanes) is 5. The van der Waals surface area contributed by atoms with Gasteiger partial charge in [-0.2, -0.15) is 0 Å². The minimum Gasteiger partial charge on any atom is -0.493 e. The van der Waals surface area contributed by atoms with E-state index in [2.05, 4.69) is 22.9 Å². The number of benzene rings is 2. The van der Waals surface area contributed by atoms with Crippen molar-refractivity contribution in [2.45, 2.75) is 104 Å². The minimum absolute atomic E-state index is 0.0412. The van der Waals surface area contributed by atoms with E-state index in [1.807, 2.05) is 27.7 Å². The van der Waals surface area contributed by atoms with Crippen molar-refractivity contribution in [3.05, 3.63) is 47.5 Å². The van der Waals surface area contributed by atoms with Crippen molar-refractivity contribution >= 4 is 35.0 Å². The zero-order chi connectivity index (χ0) is 36.3. The summed E-state index contributed by atoms with van der Waals surface area (Å²) in [6.07, 6.45) is 7.24. The highest BCUT2D eigenvalue weighted by molar-refractivity contribution is 6.04. The van der Waals surface area contributed by atoms with Crippen molar-refractivity contribution in [2.24, 2.45) is 23.3 Å². The maximum absolute atomic E-state index is 13.8. The van der Waals surface area contributed by atoms with E-state index in [-0.39, 0.29) is 23.0 Å². The van der Waals surface area contributed by atoms with Crippen LogP contribution in [0.15, 0.2) is 36.4 Å². The van der Waals surface area contributed by atoms with E-state index in [0.717, 1.165) is 44.9 Å². The third-order valence-corrected chi connectivity index (χ3v) is 7.72. The topological polar surface area (TPSA) is 199 Å². The molecule has 12 nitrogen and oxygen atoms in total. The molecule has 1 radical (unpaired) electrons. The highest BCUT2D eigenvalue weighted by Crippen LogP contribution is 2.26. The molecular formula is C37H57N6O6. The normalized spacial score (nSPS) is 12.3. The fourth-order valence-corrected chi connectivity index (χ4v) is 5.13. The van der Waals surface area contributed by atoms with Crippen LogP contribution in [0.5, 0.6) is 11.5 Å². The Hall–Kier alpha value is -4.16. The molecule has 0 aromatic heterocycles. The number of hydrogen-bond acceptors (Lipinski definition) is 7. The van der Waals surface area contributed by atoms with E-state index in [1.165, 1.54) is 12.1 Å². The zero-order valence-electron chi connectivity index (χ0n) is 29.9. The number of primary amides is 1. The van der Waals surface area contributed by atoms with Gasteiger partial charge >= 0.3 is 0 Å². The van der Waals surface area contributed by atoms with E-state index in [4.69, 9.17) is 26.7 Å². The van der Waals surface area contributed by atoms with Crippen molar-refractivity contribution in [2.75, 3.05) is 30.4 Å². The first-order valence-electron chi connectivity index (χ1n) is 17.5. The Labute approximate surface area is 291 Å². The maximum Gasteiger partial charge on any atom is 0.255 e. The van der Waals surface area contributed by atoms with Crippen LogP contribution in [-0.4, -0.2) is 55.5 Å². The highest BCUT2D eigenvalue weighted by atomic mass is 16.5. The molecule has 4 amide bonds. The molecule has 0 bridgehead atoms. The molecule has 0 heterocycles. The van der Waals surface area contributed by atoms with Crippen LogP contribution in [0.1, 0.15) is 113 Å². The smallest absolute Gasteiger partial charge is 0.255 e. The van der Waals surface area contributed by atoms with Gasteiger partial charge in [-0.25, -0.2) is 5.73 Å². The third-order valence-electron chi connectivity index (χ3n) is 7.72. The number of carbonyl (C=O) groups excluding carboxylic acids is 4. The number of carbonyl (C=O) groups is 4. The molecule has 0 fully saturated rings. The summed E-state index contributed by atoms with van der Waals surface area (Å²) < 4.78 is 11.8. The van der Waals surface area contributed by atoms with Crippen LogP contribution in [0.2, 0.25) is 0 Å². The van der Waals surface area contributed by atoms with Crippen LogP contribution in [0.3, 0.4) is 0 Å². The summed E-state index contributed by atoms with van der Waals surface area (Å²) in [4.78, 5) is 52.3. The molecule has 2 aromatic carbocycles. The Morgan fingerprint density at radius 1 is 0.735 bits per heavy atom. The Kier molecular flexibility index (Phi) is 18.2. The van der Waals surface area contributed by atoms with Gasteiger partial charge in [0.05, 0.1) is 24.3 Å². The first-order chi connectivity index (χ1) is 23.4. The van der Waals surface area contributed by atoms with E-state index < -0.39 is 35.7 Å². The fourth-order valence-electron chi connectivity index (χ4n) is 5.13. The van der Waals surface area contributed by atoms with Crippen LogP contribution in [0, 0.1) is 11.8 Å². The Bertz CT molecular complexity index is 1360. The van der Waals surface area contributed by atoms with Gasteiger partial charge in [0.1, 0.15) is 23.6 Å². The number of nitrogens with two attached hydrogens (primary N) is 2. The molecule has 0 aliphatic carbocycles. The first-order valence-corrected chi connectivity index (χ1v) is 17.5. The third kappa shape index (κ3) is 14.9. The first kappa shape index (κ1) is 41.0. The molecule has 2 aromatic rings. The van der Waals surface area contributed by atoms with Gasteiger partial charge in [0.2, 0.25) is 11.8 Å². The molecule has 49 heavy (non-hydrogen) atoms. The number of amides is 4. The van der Waals surface area contributed by atoms with Gasteiger partial charge in [-0.15, -0.1) is 0 Å². The summed E-state index contributed by atoms with van der Waals surface area (Å²) in [5.74, 6) is -1.35. The zero-order valence-corrected chi connectivity index (χ0v) is 29.9. The molecule has 0 aliphatic rings. The molecule has 0 saturated heterocycles. The number of rotatable bonds is 23. The number of nitrogens with one attached hydrogen (secondary N) is 4. The molecule has 2 atom stereocenters. The quantitative estimate of drug-likeness (QED) is 0.0930. The largest absolute Gasteiger partial charge is 0.493 e. The fraction of sp³-hybridized carbons (Fsp3) is 0.568. The minimum atomic E-state index is -0.962. The van der Waals surface area contributed by atoms with Crippen molar-refractivity contribution < 1.29 is 28.7 Å². The van der Waals surface area contributed by atoms with Gasteiger partial charge in [-0.1, -0.05) is 53.9 Å². The second-order valence-electron chi connectivity index (χ2n) is 13.2. The van der Waals surface area contributed by atoms with Crippen LogP contribution in [0.4, 0.5) is 11.4 Å². The lowest BCUT2D eigenvalue weighted by atomic mass is 10.0. The van der Waals surface area contributed by atoms with Gasteiger partial charge in [0.15, 0.2) is 0 Å². The van der Waals surface area contributed by atoms with Gasteiger partial charge in [0.25, 0.3) is 11.8 Å².